The van der Waals surface area contributed by atoms with Crippen LogP contribution in [0.1, 0.15) is 5.76 Å². The molecule has 0 aliphatic carbocycles. The van der Waals surface area contributed by atoms with Gasteiger partial charge in [0.25, 0.3) is 0 Å². The minimum absolute atomic E-state index is 0.777. The van der Waals surface area contributed by atoms with Crippen molar-refractivity contribution in [2.45, 2.75) is 16.8 Å². The minimum atomic E-state index is 0.777. The Morgan fingerprint density at radius 3 is 2.88 bits per heavy atom. The van der Waals surface area contributed by atoms with E-state index in [4.69, 9.17) is 4.42 Å². The fourth-order valence-corrected chi connectivity index (χ4v) is 2.64. The molecule has 0 aliphatic heterocycles. The monoisotopic (exact) mass is 299 g/mol. The van der Waals surface area contributed by atoms with E-state index in [1.54, 1.807) is 18.0 Å². The van der Waals surface area contributed by atoms with Crippen LogP contribution in [0.4, 0.5) is 5.82 Å². The van der Waals surface area contributed by atoms with E-state index >= 15 is 0 Å². The highest BCUT2D eigenvalue weighted by atomic mass is 79.9. The number of aromatic nitrogens is 2. The number of hydrogen-bond acceptors (Lipinski definition) is 5. The summed E-state index contributed by atoms with van der Waals surface area (Å²) in [7, 11) is 1.82. The quantitative estimate of drug-likeness (QED) is 0.881. The maximum Gasteiger partial charge on any atom is 0.144 e. The summed E-state index contributed by atoms with van der Waals surface area (Å²) in [5, 5.41) is 3.86. The van der Waals surface area contributed by atoms with Crippen LogP contribution in [0, 0.1) is 6.92 Å². The van der Waals surface area contributed by atoms with Crippen molar-refractivity contribution in [3.8, 4) is 0 Å². The van der Waals surface area contributed by atoms with E-state index in [0.29, 0.717) is 0 Å². The predicted octanol–water partition coefficient (Wildman–Crippen LogP) is 3.33. The van der Waals surface area contributed by atoms with Gasteiger partial charge in [-0.3, -0.25) is 0 Å². The van der Waals surface area contributed by atoms with E-state index < -0.39 is 0 Å². The van der Waals surface area contributed by atoms with Crippen molar-refractivity contribution in [3.05, 3.63) is 28.9 Å². The fourth-order valence-electron chi connectivity index (χ4n) is 1.18. The van der Waals surface area contributed by atoms with Crippen molar-refractivity contribution in [1.82, 2.24) is 9.97 Å². The van der Waals surface area contributed by atoms with Gasteiger partial charge in [0.2, 0.25) is 0 Å². The second kappa shape index (κ2) is 4.88. The predicted molar refractivity (Wildman–Crippen MR) is 66.8 cm³/mol. The average Bonchev–Trinajstić information content (AvgIpc) is 2.68. The lowest BCUT2D eigenvalue weighted by atomic mass is 10.5. The molecule has 0 atom stereocenters. The normalized spacial score (nSPS) is 10.4. The lowest BCUT2D eigenvalue weighted by molar-refractivity contribution is 0.527. The fraction of sp³-hybridized carbons (Fsp3) is 0.200. The third-order valence-electron chi connectivity index (χ3n) is 2.01. The van der Waals surface area contributed by atoms with Gasteiger partial charge in [-0.25, -0.2) is 9.97 Å². The smallest absolute Gasteiger partial charge is 0.144 e. The summed E-state index contributed by atoms with van der Waals surface area (Å²) in [5.74, 6) is 1.67. The van der Waals surface area contributed by atoms with E-state index in [1.165, 1.54) is 6.33 Å². The Hall–Kier alpha value is -1.01. The van der Waals surface area contributed by atoms with Crippen molar-refractivity contribution in [3.63, 3.8) is 0 Å². The summed E-state index contributed by atoms with van der Waals surface area (Å²) in [6.45, 7) is 1.93. The lowest BCUT2D eigenvalue weighted by Crippen LogP contribution is -1.96. The first-order valence-corrected chi connectivity index (χ1v) is 6.23. The van der Waals surface area contributed by atoms with Gasteiger partial charge in [0.05, 0.1) is 15.6 Å². The highest BCUT2D eigenvalue weighted by Gasteiger charge is 2.11. The number of nitrogens with zero attached hydrogens (tertiary/aromatic N) is 2. The van der Waals surface area contributed by atoms with Crippen molar-refractivity contribution < 1.29 is 4.42 Å². The molecule has 2 aromatic heterocycles. The molecule has 0 aromatic carbocycles. The van der Waals surface area contributed by atoms with Gasteiger partial charge in [-0.2, -0.15) is 0 Å². The van der Waals surface area contributed by atoms with Crippen LogP contribution in [0.15, 0.2) is 37.5 Å². The number of furan rings is 1. The van der Waals surface area contributed by atoms with E-state index in [2.05, 4.69) is 31.2 Å². The standard InChI is InChI=1S/C10H10BrN3OS/c1-6-7(3-4-15-6)16-10-8(11)9(12-2)13-5-14-10/h3-5H,1-2H3,(H,12,13,14). The molecule has 0 amide bonds. The highest BCUT2D eigenvalue weighted by Crippen LogP contribution is 2.36. The van der Waals surface area contributed by atoms with Crippen molar-refractivity contribution in [2.24, 2.45) is 0 Å². The molecule has 2 rings (SSSR count). The summed E-state index contributed by atoms with van der Waals surface area (Å²) in [5.41, 5.74) is 0. The molecule has 2 heterocycles. The van der Waals surface area contributed by atoms with Crippen molar-refractivity contribution >= 4 is 33.5 Å². The molecule has 2 aromatic rings. The topological polar surface area (TPSA) is 51.0 Å². The molecule has 16 heavy (non-hydrogen) atoms. The molecule has 1 N–H and O–H groups in total. The zero-order valence-corrected chi connectivity index (χ0v) is 11.2. The largest absolute Gasteiger partial charge is 0.468 e. The van der Waals surface area contributed by atoms with E-state index in [9.17, 15) is 0 Å². The zero-order valence-electron chi connectivity index (χ0n) is 8.82. The molecule has 0 aliphatic rings. The van der Waals surface area contributed by atoms with Crippen LogP contribution in [0.2, 0.25) is 0 Å². The van der Waals surface area contributed by atoms with Gasteiger partial charge < -0.3 is 9.73 Å². The maximum absolute atomic E-state index is 5.24. The Kier molecular flexibility index (Phi) is 3.50. The summed E-state index contributed by atoms with van der Waals surface area (Å²) in [6.07, 6.45) is 3.21. The molecular formula is C10H10BrN3OS. The second-order valence-electron chi connectivity index (χ2n) is 3.03. The molecule has 84 valence electrons. The maximum atomic E-state index is 5.24. The molecule has 0 fully saturated rings. The van der Waals surface area contributed by atoms with E-state index in [1.807, 2.05) is 20.0 Å². The molecule has 0 unspecified atom stereocenters. The van der Waals surface area contributed by atoms with Crippen LogP contribution in [-0.2, 0) is 0 Å². The molecule has 0 saturated carbocycles. The molecule has 4 nitrogen and oxygen atoms in total. The number of anilines is 1. The number of aryl methyl sites for hydroxylation is 1. The molecular weight excluding hydrogens is 290 g/mol. The summed E-state index contributed by atoms with van der Waals surface area (Å²) in [4.78, 5) is 9.39. The Morgan fingerprint density at radius 1 is 1.44 bits per heavy atom. The van der Waals surface area contributed by atoms with Gasteiger partial charge >= 0.3 is 0 Å². The molecule has 0 bridgehead atoms. The van der Waals surface area contributed by atoms with Crippen LogP contribution in [-0.4, -0.2) is 17.0 Å². The van der Waals surface area contributed by atoms with Crippen LogP contribution in [0.5, 0.6) is 0 Å². The minimum Gasteiger partial charge on any atom is -0.468 e. The van der Waals surface area contributed by atoms with Crippen LogP contribution < -0.4 is 5.32 Å². The van der Waals surface area contributed by atoms with Gasteiger partial charge in [-0.15, -0.1) is 0 Å². The van der Waals surface area contributed by atoms with Crippen LogP contribution in [0.3, 0.4) is 0 Å². The molecule has 0 saturated heterocycles. The Morgan fingerprint density at radius 2 is 2.25 bits per heavy atom. The summed E-state index contributed by atoms with van der Waals surface area (Å²) < 4.78 is 6.10. The first-order valence-electron chi connectivity index (χ1n) is 4.62. The third-order valence-corrected chi connectivity index (χ3v) is 4.17. The number of hydrogen-bond donors (Lipinski definition) is 1. The lowest BCUT2D eigenvalue weighted by Gasteiger charge is -2.06. The Labute approximate surface area is 106 Å². The van der Waals surface area contributed by atoms with Crippen molar-refractivity contribution in [2.75, 3.05) is 12.4 Å². The zero-order chi connectivity index (χ0) is 11.5. The van der Waals surface area contributed by atoms with Gasteiger partial charge in [-0.05, 0) is 28.9 Å². The first kappa shape index (κ1) is 11.5. The molecule has 0 radical (unpaired) electrons. The number of rotatable bonds is 3. The Balaban J connectivity index is 2.32. The SMILES string of the molecule is CNc1ncnc(Sc2ccoc2C)c1Br. The van der Waals surface area contributed by atoms with E-state index in [-0.39, 0.29) is 0 Å². The van der Waals surface area contributed by atoms with E-state index in [0.717, 1.165) is 26.0 Å². The van der Waals surface area contributed by atoms with Gasteiger partial charge in [0, 0.05) is 7.05 Å². The van der Waals surface area contributed by atoms with Gasteiger partial charge in [0.1, 0.15) is 22.9 Å². The molecule has 6 heteroatoms. The highest BCUT2D eigenvalue weighted by molar-refractivity contribution is 9.10. The first-order chi connectivity index (χ1) is 7.72. The average molecular weight is 300 g/mol. The Bertz CT molecular complexity index is 501. The summed E-state index contributed by atoms with van der Waals surface area (Å²) >= 11 is 5.02. The van der Waals surface area contributed by atoms with Crippen LogP contribution in [0.25, 0.3) is 0 Å². The molecule has 0 spiro atoms. The number of nitrogens with one attached hydrogen (secondary N) is 1. The van der Waals surface area contributed by atoms with Crippen LogP contribution >= 0.6 is 27.7 Å². The van der Waals surface area contributed by atoms with Gasteiger partial charge in [-0.1, -0.05) is 11.8 Å². The van der Waals surface area contributed by atoms with Crippen molar-refractivity contribution in [1.29, 1.82) is 0 Å². The summed E-state index contributed by atoms with van der Waals surface area (Å²) in [6, 6.07) is 1.92. The number of halogens is 1. The second-order valence-corrected chi connectivity index (χ2v) is 4.86. The van der Waals surface area contributed by atoms with Gasteiger partial charge in [0.15, 0.2) is 0 Å². The third kappa shape index (κ3) is 2.22.